The minimum atomic E-state index is -0.451. The summed E-state index contributed by atoms with van der Waals surface area (Å²) in [6.45, 7) is 0. The Morgan fingerprint density at radius 1 is 0.861 bits per heavy atom. The molecular formula is C30H20N2O4. The Morgan fingerprint density at radius 3 is 2.22 bits per heavy atom. The predicted molar refractivity (Wildman–Crippen MR) is 137 cm³/mol. The van der Waals surface area contributed by atoms with E-state index in [1.807, 2.05) is 66.7 Å². The highest BCUT2D eigenvalue weighted by Crippen LogP contribution is 2.42. The fourth-order valence-corrected chi connectivity index (χ4v) is 3.96. The van der Waals surface area contributed by atoms with Crippen LogP contribution in [0.15, 0.2) is 111 Å². The van der Waals surface area contributed by atoms with E-state index in [0.29, 0.717) is 39.5 Å². The Bertz CT molecular complexity index is 1590. The van der Waals surface area contributed by atoms with Crippen LogP contribution >= 0.6 is 0 Å². The molecule has 6 heteroatoms. The topological polar surface area (TPSA) is 88.7 Å². The molecule has 2 heterocycles. The molecule has 2 aromatic heterocycles. The molecule has 0 aliphatic rings. The Kier molecular flexibility index (Phi) is 6.29. The van der Waals surface area contributed by atoms with E-state index in [4.69, 9.17) is 13.6 Å². The van der Waals surface area contributed by atoms with Gasteiger partial charge in [-0.25, -0.2) is 9.79 Å². The van der Waals surface area contributed by atoms with Crippen molar-refractivity contribution in [2.24, 2.45) is 4.99 Å². The zero-order valence-electron chi connectivity index (χ0n) is 19.3. The van der Waals surface area contributed by atoms with Gasteiger partial charge in [-0.3, -0.25) is 0 Å². The summed E-state index contributed by atoms with van der Waals surface area (Å²) in [4.78, 5) is 16.6. The molecule has 0 saturated carbocycles. The number of furan rings is 2. The Morgan fingerprint density at radius 2 is 1.53 bits per heavy atom. The highest BCUT2D eigenvalue weighted by Gasteiger charge is 2.22. The van der Waals surface area contributed by atoms with Crippen LogP contribution < -0.4 is 0 Å². The first-order valence-electron chi connectivity index (χ1n) is 11.2. The van der Waals surface area contributed by atoms with Crippen LogP contribution in [0.1, 0.15) is 21.7 Å². The number of rotatable bonds is 6. The maximum atomic E-state index is 12.1. The third-order valence-corrected chi connectivity index (χ3v) is 5.63. The van der Waals surface area contributed by atoms with Gasteiger partial charge in [0.25, 0.3) is 0 Å². The summed E-state index contributed by atoms with van der Waals surface area (Å²) in [5.74, 6) is 1.23. The van der Waals surface area contributed by atoms with Gasteiger partial charge in [-0.05, 0) is 23.8 Å². The molecule has 5 rings (SSSR count). The maximum Gasteiger partial charge on any atom is 0.338 e. The largest absolute Gasteiger partial charge is 0.465 e. The summed E-state index contributed by atoms with van der Waals surface area (Å²) < 4.78 is 16.9. The highest BCUT2D eigenvalue weighted by molar-refractivity contribution is 5.96. The van der Waals surface area contributed by atoms with E-state index in [2.05, 4.69) is 11.1 Å². The molecule has 0 N–H and O–H groups in total. The Balaban J connectivity index is 1.55. The fourth-order valence-electron chi connectivity index (χ4n) is 3.96. The Hall–Kier alpha value is -5.15. The molecule has 36 heavy (non-hydrogen) atoms. The van der Waals surface area contributed by atoms with E-state index >= 15 is 0 Å². The zero-order chi connectivity index (χ0) is 24.9. The van der Waals surface area contributed by atoms with E-state index in [9.17, 15) is 10.1 Å². The van der Waals surface area contributed by atoms with Crippen molar-refractivity contribution >= 4 is 18.1 Å². The summed E-state index contributed by atoms with van der Waals surface area (Å²) in [6.07, 6.45) is 1.49. The lowest BCUT2D eigenvalue weighted by Crippen LogP contribution is -2.02. The van der Waals surface area contributed by atoms with Gasteiger partial charge in [0.2, 0.25) is 5.88 Å². The SMILES string of the molecule is COC(=O)c1ccccc1-c1ccc(C=Nc2oc(-c3ccccc3)c(-c3ccccc3)c2C#N)o1. The van der Waals surface area contributed by atoms with Crippen LogP contribution in [0.5, 0.6) is 0 Å². The summed E-state index contributed by atoms with van der Waals surface area (Å²) >= 11 is 0. The van der Waals surface area contributed by atoms with E-state index in [1.54, 1.807) is 30.3 Å². The molecule has 0 bridgehead atoms. The average molecular weight is 473 g/mol. The zero-order valence-corrected chi connectivity index (χ0v) is 19.3. The third-order valence-electron chi connectivity index (χ3n) is 5.63. The number of aliphatic imine (C=N–C) groups is 1. The quantitative estimate of drug-likeness (QED) is 0.191. The van der Waals surface area contributed by atoms with Crippen LogP contribution in [0, 0.1) is 11.3 Å². The molecule has 0 fully saturated rings. The van der Waals surface area contributed by atoms with Crippen LogP contribution in [-0.2, 0) is 4.74 Å². The van der Waals surface area contributed by atoms with Crippen molar-refractivity contribution in [3.8, 4) is 39.8 Å². The van der Waals surface area contributed by atoms with Gasteiger partial charge in [-0.2, -0.15) is 5.26 Å². The Labute approximate surface area is 207 Å². The number of benzene rings is 3. The second kappa shape index (κ2) is 10.00. The number of carbonyl (C=O) groups excluding carboxylic acids is 1. The fraction of sp³-hybridized carbons (Fsp3) is 0.0333. The molecule has 6 nitrogen and oxygen atoms in total. The van der Waals surface area contributed by atoms with Crippen LogP contribution in [0.4, 0.5) is 5.88 Å². The third kappa shape index (κ3) is 4.33. The standard InChI is InChI=1S/C30H20N2O4/c1-34-30(33)24-15-9-8-14-23(24)26-17-16-22(35-26)19-32-29-25(18-31)27(20-10-4-2-5-11-20)28(36-29)21-12-6-3-7-13-21/h2-17,19H,1H3. The van der Waals surface area contributed by atoms with E-state index in [1.165, 1.54) is 13.3 Å². The number of hydrogen-bond donors (Lipinski definition) is 0. The van der Waals surface area contributed by atoms with Gasteiger partial charge in [0, 0.05) is 16.7 Å². The molecule has 0 radical (unpaired) electrons. The molecular weight excluding hydrogens is 452 g/mol. The minimum Gasteiger partial charge on any atom is -0.465 e. The summed E-state index contributed by atoms with van der Waals surface area (Å²) in [5.41, 5.74) is 3.72. The van der Waals surface area contributed by atoms with Crippen molar-refractivity contribution in [1.29, 1.82) is 5.26 Å². The van der Waals surface area contributed by atoms with Gasteiger partial charge in [0.05, 0.1) is 18.9 Å². The van der Waals surface area contributed by atoms with Gasteiger partial charge >= 0.3 is 5.97 Å². The lowest BCUT2D eigenvalue weighted by atomic mass is 9.98. The molecule has 0 spiro atoms. The van der Waals surface area contributed by atoms with Gasteiger partial charge in [-0.15, -0.1) is 0 Å². The van der Waals surface area contributed by atoms with Gasteiger partial charge in [-0.1, -0.05) is 78.9 Å². The molecule has 0 aliphatic heterocycles. The summed E-state index contributed by atoms with van der Waals surface area (Å²) in [7, 11) is 1.34. The molecule has 0 saturated heterocycles. The second-order valence-corrected chi connectivity index (χ2v) is 7.83. The molecule has 5 aromatic rings. The first-order chi connectivity index (χ1) is 17.7. The number of nitrogens with zero attached hydrogens (tertiary/aromatic N) is 2. The van der Waals surface area contributed by atoms with Crippen molar-refractivity contribution in [3.05, 3.63) is 114 Å². The summed E-state index contributed by atoms with van der Waals surface area (Å²) in [5, 5.41) is 10.0. The first kappa shape index (κ1) is 22.6. The molecule has 0 aliphatic carbocycles. The monoisotopic (exact) mass is 472 g/mol. The number of esters is 1. The number of nitriles is 1. The van der Waals surface area contributed by atoms with Crippen molar-refractivity contribution in [1.82, 2.24) is 0 Å². The number of methoxy groups -OCH3 is 1. The van der Waals surface area contributed by atoms with E-state index in [0.717, 1.165) is 11.1 Å². The maximum absolute atomic E-state index is 12.1. The van der Waals surface area contributed by atoms with Crippen molar-refractivity contribution in [2.75, 3.05) is 7.11 Å². The molecule has 0 atom stereocenters. The van der Waals surface area contributed by atoms with E-state index < -0.39 is 5.97 Å². The van der Waals surface area contributed by atoms with Crippen LogP contribution in [0.3, 0.4) is 0 Å². The van der Waals surface area contributed by atoms with Crippen molar-refractivity contribution < 1.29 is 18.4 Å². The highest BCUT2D eigenvalue weighted by atomic mass is 16.5. The molecule has 3 aromatic carbocycles. The van der Waals surface area contributed by atoms with Gasteiger partial charge < -0.3 is 13.6 Å². The second-order valence-electron chi connectivity index (χ2n) is 7.83. The van der Waals surface area contributed by atoms with Gasteiger partial charge in [0.15, 0.2) is 0 Å². The lowest BCUT2D eigenvalue weighted by Gasteiger charge is -2.04. The first-order valence-corrected chi connectivity index (χ1v) is 11.2. The van der Waals surface area contributed by atoms with Crippen molar-refractivity contribution in [2.45, 2.75) is 0 Å². The number of hydrogen-bond acceptors (Lipinski definition) is 6. The van der Waals surface area contributed by atoms with Crippen LogP contribution in [0.25, 0.3) is 33.8 Å². The minimum absolute atomic E-state index is 0.183. The average Bonchev–Trinajstić information content (AvgIpc) is 3.57. The molecule has 0 unspecified atom stereocenters. The number of ether oxygens (including phenoxy) is 1. The van der Waals surface area contributed by atoms with Crippen molar-refractivity contribution in [3.63, 3.8) is 0 Å². The number of carbonyl (C=O) groups is 1. The van der Waals surface area contributed by atoms with Gasteiger partial charge in [0.1, 0.15) is 28.9 Å². The normalized spacial score (nSPS) is 10.9. The summed E-state index contributed by atoms with van der Waals surface area (Å²) in [6, 6.07) is 32.0. The smallest absolute Gasteiger partial charge is 0.338 e. The molecule has 174 valence electrons. The molecule has 0 amide bonds. The lowest BCUT2D eigenvalue weighted by molar-refractivity contribution is 0.0601. The van der Waals surface area contributed by atoms with Crippen LogP contribution in [-0.4, -0.2) is 19.3 Å². The predicted octanol–water partition coefficient (Wildman–Crippen LogP) is 7.28. The van der Waals surface area contributed by atoms with Crippen LogP contribution in [0.2, 0.25) is 0 Å². The van der Waals surface area contributed by atoms with E-state index in [-0.39, 0.29) is 5.88 Å².